The molecule has 0 unspecified atom stereocenters. The van der Waals surface area contributed by atoms with Crippen molar-refractivity contribution in [3.8, 4) is 11.5 Å². The van der Waals surface area contributed by atoms with Crippen molar-refractivity contribution in [1.29, 1.82) is 0 Å². The van der Waals surface area contributed by atoms with Gasteiger partial charge in [0, 0.05) is 18.0 Å². The van der Waals surface area contributed by atoms with Crippen LogP contribution in [-0.4, -0.2) is 6.21 Å². The Morgan fingerprint density at radius 2 is 1.73 bits per heavy atom. The van der Waals surface area contributed by atoms with Gasteiger partial charge in [-0.15, -0.1) is 0 Å². The minimum Gasteiger partial charge on any atom is -0.457 e. The second-order valence-electron chi connectivity index (χ2n) is 5.17. The third-order valence-corrected chi connectivity index (χ3v) is 2.88. The molecule has 0 bridgehead atoms. The third kappa shape index (κ3) is 5.24. The number of hydrogen-bond donors (Lipinski definition) is 1. The topological polar surface area (TPSA) is 47.6 Å². The highest BCUT2D eigenvalue weighted by atomic mass is 16.5. The molecule has 0 saturated carbocycles. The largest absolute Gasteiger partial charge is 0.457 e. The fraction of sp³-hybridized carbons (Fsp3) is 0.316. The van der Waals surface area contributed by atoms with Crippen molar-refractivity contribution < 1.29 is 4.74 Å². The summed E-state index contributed by atoms with van der Waals surface area (Å²) in [6.45, 7) is 10.2. The Morgan fingerprint density at radius 1 is 1.05 bits per heavy atom. The molecule has 0 fully saturated rings. The van der Waals surface area contributed by atoms with Gasteiger partial charge in [-0.2, -0.15) is 0 Å². The summed E-state index contributed by atoms with van der Waals surface area (Å²) in [7, 11) is 0. The molecule has 0 saturated heterocycles. The van der Waals surface area contributed by atoms with Crippen LogP contribution >= 0.6 is 0 Å². The van der Waals surface area contributed by atoms with Crippen molar-refractivity contribution in [2.24, 2.45) is 4.99 Å². The number of ether oxygens (including phenoxy) is 1. The monoisotopic (exact) mass is 298 g/mol. The van der Waals surface area contributed by atoms with Crippen LogP contribution in [0.4, 0.5) is 11.4 Å². The minimum atomic E-state index is 0.741. The molecule has 0 amide bonds. The van der Waals surface area contributed by atoms with Crippen molar-refractivity contribution in [3.05, 3.63) is 47.5 Å². The zero-order valence-electron chi connectivity index (χ0n) is 14.2. The van der Waals surface area contributed by atoms with Crippen LogP contribution in [0.25, 0.3) is 0 Å². The first kappa shape index (κ1) is 17.8. The predicted molar refractivity (Wildman–Crippen MR) is 96.6 cm³/mol. The van der Waals surface area contributed by atoms with Gasteiger partial charge in [0.25, 0.3) is 0 Å². The van der Waals surface area contributed by atoms with E-state index in [1.54, 1.807) is 6.21 Å². The quantitative estimate of drug-likeness (QED) is 0.573. The van der Waals surface area contributed by atoms with E-state index in [-0.39, 0.29) is 0 Å². The fourth-order valence-corrected chi connectivity index (χ4v) is 1.84. The molecule has 118 valence electrons. The zero-order chi connectivity index (χ0) is 16.5. The molecule has 2 rings (SSSR count). The van der Waals surface area contributed by atoms with Gasteiger partial charge in [-0.05, 0) is 56.2 Å². The molecular weight excluding hydrogens is 272 g/mol. The van der Waals surface area contributed by atoms with Crippen LogP contribution in [0.1, 0.15) is 38.3 Å². The first-order valence-electron chi connectivity index (χ1n) is 7.65. The van der Waals surface area contributed by atoms with Gasteiger partial charge in [0.05, 0.1) is 5.69 Å². The summed E-state index contributed by atoms with van der Waals surface area (Å²) in [5.74, 6) is 1.59. The lowest BCUT2D eigenvalue weighted by Gasteiger charge is -2.10. The summed E-state index contributed by atoms with van der Waals surface area (Å²) in [5.41, 5.74) is 9.53. The summed E-state index contributed by atoms with van der Waals surface area (Å²) in [6.07, 6.45) is 3.03. The molecule has 0 heterocycles. The van der Waals surface area contributed by atoms with Gasteiger partial charge in [-0.1, -0.05) is 26.3 Å². The van der Waals surface area contributed by atoms with Crippen molar-refractivity contribution in [2.75, 3.05) is 5.73 Å². The first-order valence-corrected chi connectivity index (χ1v) is 7.65. The van der Waals surface area contributed by atoms with Gasteiger partial charge < -0.3 is 10.5 Å². The molecule has 3 nitrogen and oxygen atoms in total. The summed E-state index contributed by atoms with van der Waals surface area (Å²) in [6, 6.07) is 11.5. The number of nitrogen functional groups attached to an aromatic ring is 1. The van der Waals surface area contributed by atoms with Crippen LogP contribution in [0.3, 0.4) is 0 Å². The Labute approximate surface area is 133 Å². The second kappa shape index (κ2) is 8.88. The lowest BCUT2D eigenvalue weighted by atomic mass is 10.2. The summed E-state index contributed by atoms with van der Waals surface area (Å²) < 4.78 is 5.88. The van der Waals surface area contributed by atoms with E-state index in [9.17, 15) is 0 Å². The van der Waals surface area contributed by atoms with Crippen molar-refractivity contribution >= 4 is 17.6 Å². The fourth-order valence-electron chi connectivity index (χ4n) is 1.84. The second-order valence-corrected chi connectivity index (χ2v) is 5.17. The van der Waals surface area contributed by atoms with Crippen LogP contribution in [0, 0.1) is 13.8 Å². The molecule has 0 aliphatic rings. The third-order valence-electron chi connectivity index (χ3n) is 2.88. The van der Waals surface area contributed by atoms with Gasteiger partial charge in [0.15, 0.2) is 0 Å². The molecule has 0 atom stereocenters. The maximum Gasteiger partial charge on any atom is 0.130 e. The molecule has 2 aromatic carbocycles. The van der Waals surface area contributed by atoms with Crippen LogP contribution in [0.2, 0.25) is 0 Å². The van der Waals surface area contributed by atoms with E-state index in [4.69, 9.17) is 10.5 Å². The van der Waals surface area contributed by atoms with E-state index in [0.29, 0.717) is 0 Å². The normalized spacial score (nSPS) is 10.2. The molecule has 0 aromatic heterocycles. The molecule has 0 radical (unpaired) electrons. The maximum atomic E-state index is 5.88. The van der Waals surface area contributed by atoms with E-state index < -0.39 is 0 Å². The number of anilines is 1. The summed E-state index contributed by atoms with van der Waals surface area (Å²) in [5, 5.41) is 0. The predicted octanol–water partition coefficient (Wildman–Crippen LogP) is 5.82. The number of nitrogens with two attached hydrogens (primary N) is 1. The van der Waals surface area contributed by atoms with Crippen LogP contribution < -0.4 is 10.5 Å². The Balaban J connectivity index is 0.000000745. The molecule has 22 heavy (non-hydrogen) atoms. The van der Waals surface area contributed by atoms with Crippen molar-refractivity contribution in [3.63, 3.8) is 0 Å². The van der Waals surface area contributed by atoms with E-state index in [1.165, 1.54) is 6.42 Å². The van der Waals surface area contributed by atoms with Gasteiger partial charge in [0.1, 0.15) is 11.5 Å². The molecule has 0 spiro atoms. The molecule has 2 aromatic rings. The Hall–Kier alpha value is -2.29. The number of benzene rings is 2. The first-order chi connectivity index (χ1) is 10.5. The Bertz CT molecular complexity index is 633. The number of aliphatic imine (C=N–C) groups is 1. The summed E-state index contributed by atoms with van der Waals surface area (Å²) >= 11 is 0. The molecule has 3 heteroatoms. The number of nitrogens with zero attached hydrogens (tertiary/aromatic N) is 1. The van der Waals surface area contributed by atoms with Crippen LogP contribution in [-0.2, 0) is 0 Å². The van der Waals surface area contributed by atoms with E-state index in [1.807, 2.05) is 57.2 Å². The highest BCUT2D eigenvalue weighted by molar-refractivity contribution is 5.63. The number of aryl methyl sites for hydroxylation is 2. The highest BCUT2D eigenvalue weighted by Crippen LogP contribution is 2.30. The molecular formula is C19H26N2O. The van der Waals surface area contributed by atoms with Crippen molar-refractivity contribution in [1.82, 2.24) is 0 Å². The molecule has 2 N–H and O–H groups in total. The smallest absolute Gasteiger partial charge is 0.130 e. The SMILES string of the molecule is CC=Nc1cc(Oc2ccc(N)cc2C)ccc1C.CCC. The molecule has 0 aliphatic carbocycles. The lowest BCUT2D eigenvalue weighted by Crippen LogP contribution is -1.91. The van der Waals surface area contributed by atoms with Gasteiger partial charge in [-0.25, -0.2) is 0 Å². The minimum absolute atomic E-state index is 0.741. The van der Waals surface area contributed by atoms with Gasteiger partial charge >= 0.3 is 0 Å². The standard InChI is InChI=1S/C16H18N2O.C3H8/c1-4-18-15-10-14(7-5-11(15)2)19-16-8-6-13(17)9-12(16)3;1-3-2/h4-10H,17H2,1-3H3;3H2,1-2H3. The average Bonchev–Trinajstić information content (AvgIpc) is 2.46. The van der Waals surface area contributed by atoms with E-state index in [2.05, 4.69) is 18.8 Å². The van der Waals surface area contributed by atoms with Crippen molar-refractivity contribution in [2.45, 2.75) is 41.0 Å². The highest BCUT2D eigenvalue weighted by Gasteiger charge is 2.04. The molecule has 0 aliphatic heterocycles. The van der Waals surface area contributed by atoms with Crippen LogP contribution in [0.15, 0.2) is 41.4 Å². The maximum absolute atomic E-state index is 5.88. The number of hydrogen-bond acceptors (Lipinski definition) is 3. The van der Waals surface area contributed by atoms with E-state index in [0.717, 1.165) is 34.0 Å². The zero-order valence-corrected chi connectivity index (χ0v) is 14.2. The van der Waals surface area contributed by atoms with E-state index >= 15 is 0 Å². The summed E-state index contributed by atoms with van der Waals surface area (Å²) in [4.78, 5) is 4.32. The van der Waals surface area contributed by atoms with Crippen LogP contribution in [0.5, 0.6) is 11.5 Å². The number of rotatable bonds is 3. The Kier molecular flexibility index (Phi) is 7.17. The Morgan fingerprint density at radius 3 is 2.32 bits per heavy atom. The lowest BCUT2D eigenvalue weighted by molar-refractivity contribution is 0.479. The van der Waals surface area contributed by atoms with Gasteiger partial charge in [0.2, 0.25) is 0 Å². The van der Waals surface area contributed by atoms with Gasteiger partial charge in [-0.3, -0.25) is 4.99 Å². The average molecular weight is 298 g/mol.